The first-order valence-electron chi connectivity index (χ1n) is 15.3. The Morgan fingerprint density at radius 1 is 1.14 bits per heavy atom. The highest BCUT2D eigenvalue weighted by molar-refractivity contribution is 7.80. The Labute approximate surface area is 255 Å². The number of hydrogen-bond donors (Lipinski definition) is 5. The normalized spacial score (nSPS) is 36.0. The van der Waals surface area contributed by atoms with Gasteiger partial charge in [0.05, 0.1) is 12.1 Å². The van der Waals surface area contributed by atoms with Crippen LogP contribution in [0.15, 0.2) is 16.8 Å². The SMILES string of the molecule is C#C[C@@]1(O)CC[C@@H]2[C@@H]3CCC4=C/C(=N\OCC(=O)N[C@H](C(=O)N[C@@H](CS)CC(=O)O)C(C)C)CC[C@]4(C)[C@H]3CC[C@@]21C. The number of aliphatic carboxylic acids is 1. The maximum atomic E-state index is 12.7. The van der Waals surface area contributed by atoms with Gasteiger partial charge in [0.15, 0.2) is 6.61 Å². The van der Waals surface area contributed by atoms with Gasteiger partial charge in [0.25, 0.3) is 5.91 Å². The van der Waals surface area contributed by atoms with Gasteiger partial charge in [-0.2, -0.15) is 12.6 Å². The number of allylic oxidation sites excluding steroid dienone is 2. The van der Waals surface area contributed by atoms with Crippen molar-refractivity contribution < 1.29 is 29.4 Å². The van der Waals surface area contributed by atoms with E-state index in [1.807, 2.05) is 0 Å². The third-order valence-corrected chi connectivity index (χ3v) is 11.4. The number of nitrogens with zero attached hydrogens (tertiary/aromatic N) is 1. The Hall–Kier alpha value is -2.51. The summed E-state index contributed by atoms with van der Waals surface area (Å²) in [5, 5.41) is 29.9. The van der Waals surface area contributed by atoms with Crippen LogP contribution >= 0.6 is 12.6 Å². The van der Waals surface area contributed by atoms with E-state index in [1.165, 1.54) is 5.57 Å². The minimum atomic E-state index is -1.04. The van der Waals surface area contributed by atoms with Crippen LogP contribution in [0.2, 0.25) is 0 Å². The van der Waals surface area contributed by atoms with Crippen LogP contribution in [0.4, 0.5) is 0 Å². The fourth-order valence-corrected chi connectivity index (χ4v) is 8.70. The first-order chi connectivity index (χ1) is 19.8. The van der Waals surface area contributed by atoms with Gasteiger partial charge in [0.2, 0.25) is 5.91 Å². The lowest BCUT2D eigenvalue weighted by molar-refractivity contribution is -0.138. The van der Waals surface area contributed by atoms with Gasteiger partial charge in [0, 0.05) is 17.2 Å². The van der Waals surface area contributed by atoms with Crippen LogP contribution in [0.5, 0.6) is 0 Å². The maximum Gasteiger partial charge on any atom is 0.305 e. The molecule has 2 amide bonds. The van der Waals surface area contributed by atoms with Crippen molar-refractivity contribution in [2.24, 2.45) is 39.7 Å². The number of hydrogen-bond acceptors (Lipinski definition) is 7. The molecule has 0 unspecified atom stereocenters. The second-order valence-corrected chi connectivity index (χ2v) is 14.0. The summed E-state index contributed by atoms with van der Waals surface area (Å²) in [6.45, 7) is 7.87. The molecule has 3 saturated carbocycles. The highest BCUT2D eigenvalue weighted by Crippen LogP contribution is 2.67. The fourth-order valence-electron chi connectivity index (χ4n) is 8.48. The number of carbonyl (C=O) groups excluding carboxylic acids is 2. The zero-order valence-electron chi connectivity index (χ0n) is 25.3. The van der Waals surface area contributed by atoms with Crippen LogP contribution in [-0.4, -0.2) is 63.8 Å². The standard InChI is InChI=1S/C32H47N3O6S/c1-6-32(40)14-11-25-23-8-7-20-15-21(9-12-30(20,4)24(23)10-13-31(25,32)5)35-41-17-26(36)34-28(19(2)3)29(39)33-22(18-42)16-27(37)38/h1,15,19,22-25,28,40,42H,7-14,16-18H2,2-5H3,(H,33,39)(H,34,36)(H,37,38)/b35-21-/t22-,23-,24+,25-,28+,30+,31+,32-/m1/s1. The van der Waals surface area contributed by atoms with Crippen molar-refractivity contribution in [3.05, 3.63) is 11.6 Å². The van der Waals surface area contributed by atoms with Gasteiger partial charge in [0.1, 0.15) is 11.6 Å². The van der Waals surface area contributed by atoms with E-state index in [4.69, 9.17) is 16.4 Å². The summed E-state index contributed by atoms with van der Waals surface area (Å²) in [5.41, 5.74) is 1.09. The molecule has 0 spiro atoms. The lowest BCUT2D eigenvalue weighted by atomic mass is 9.46. The maximum absolute atomic E-state index is 12.7. The molecule has 4 aliphatic rings. The summed E-state index contributed by atoms with van der Waals surface area (Å²) < 4.78 is 0. The Morgan fingerprint density at radius 3 is 2.50 bits per heavy atom. The van der Waals surface area contributed by atoms with E-state index in [9.17, 15) is 19.5 Å². The Kier molecular flexibility index (Phi) is 9.73. The number of carboxylic acids is 1. The van der Waals surface area contributed by atoms with Crippen LogP contribution < -0.4 is 10.6 Å². The molecule has 232 valence electrons. The number of carboxylic acid groups (broad SMARTS) is 1. The second-order valence-electron chi connectivity index (χ2n) is 13.6. The molecule has 10 heteroatoms. The summed E-state index contributed by atoms with van der Waals surface area (Å²) >= 11 is 4.11. The Balaban J connectivity index is 1.35. The van der Waals surface area contributed by atoms with Gasteiger partial charge >= 0.3 is 5.97 Å². The summed E-state index contributed by atoms with van der Waals surface area (Å²) in [5.74, 6) is 2.30. The van der Waals surface area contributed by atoms with Crippen molar-refractivity contribution in [3.63, 3.8) is 0 Å². The van der Waals surface area contributed by atoms with Crippen LogP contribution in [0, 0.1) is 46.8 Å². The molecule has 8 atom stereocenters. The van der Waals surface area contributed by atoms with Gasteiger partial charge in [-0.15, -0.1) is 6.42 Å². The minimum absolute atomic E-state index is 0.0842. The van der Waals surface area contributed by atoms with E-state index in [1.54, 1.807) is 13.8 Å². The lowest BCUT2D eigenvalue weighted by Crippen LogP contribution is -2.54. The second kappa shape index (κ2) is 12.6. The van der Waals surface area contributed by atoms with Crippen molar-refractivity contribution in [1.82, 2.24) is 10.6 Å². The van der Waals surface area contributed by atoms with Crippen molar-refractivity contribution in [1.29, 1.82) is 0 Å². The van der Waals surface area contributed by atoms with Crippen molar-refractivity contribution in [2.75, 3.05) is 12.4 Å². The largest absolute Gasteiger partial charge is 0.481 e. The molecule has 0 radical (unpaired) electrons. The number of carbonyl (C=O) groups is 3. The number of terminal acetylenes is 1. The van der Waals surface area contributed by atoms with E-state index >= 15 is 0 Å². The summed E-state index contributed by atoms with van der Waals surface area (Å²) in [6.07, 6.45) is 15.2. The molecule has 0 aromatic rings. The predicted molar refractivity (Wildman–Crippen MR) is 164 cm³/mol. The van der Waals surface area contributed by atoms with Crippen LogP contribution in [0.3, 0.4) is 0 Å². The minimum Gasteiger partial charge on any atom is -0.481 e. The molecule has 0 bridgehead atoms. The number of oxime groups is 1. The number of nitrogens with one attached hydrogen (secondary N) is 2. The van der Waals surface area contributed by atoms with Crippen molar-refractivity contribution in [3.8, 4) is 12.3 Å². The number of thiol groups is 1. The van der Waals surface area contributed by atoms with E-state index in [0.717, 1.165) is 50.7 Å². The van der Waals surface area contributed by atoms with Gasteiger partial charge in [-0.3, -0.25) is 14.4 Å². The molecular formula is C32H47N3O6S. The van der Waals surface area contributed by atoms with Gasteiger partial charge < -0.3 is 25.7 Å². The third-order valence-electron chi connectivity index (χ3n) is 11.0. The molecule has 0 aromatic heterocycles. The van der Waals surface area contributed by atoms with Crippen LogP contribution in [-0.2, 0) is 19.2 Å². The Bertz CT molecular complexity index is 1180. The van der Waals surface area contributed by atoms with Gasteiger partial charge in [-0.1, -0.05) is 44.3 Å². The quantitative estimate of drug-likeness (QED) is 0.147. The monoisotopic (exact) mass is 601 g/mol. The van der Waals surface area contributed by atoms with Crippen LogP contribution in [0.25, 0.3) is 0 Å². The topological polar surface area (TPSA) is 137 Å². The zero-order chi connectivity index (χ0) is 30.9. The van der Waals surface area contributed by atoms with Crippen LogP contribution in [0.1, 0.15) is 85.5 Å². The average molecular weight is 602 g/mol. The first-order valence-corrected chi connectivity index (χ1v) is 15.9. The number of fused-ring (bicyclic) bond motifs is 5. The highest BCUT2D eigenvalue weighted by atomic mass is 32.1. The number of amides is 2. The molecular weight excluding hydrogens is 554 g/mol. The molecule has 3 fully saturated rings. The van der Waals surface area contributed by atoms with E-state index < -0.39 is 35.5 Å². The van der Waals surface area contributed by atoms with E-state index in [2.05, 4.69) is 54.3 Å². The summed E-state index contributed by atoms with van der Waals surface area (Å²) in [4.78, 5) is 41.8. The van der Waals surface area contributed by atoms with Crippen molar-refractivity contribution >= 4 is 36.1 Å². The molecule has 4 rings (SSSR count). The fraction of sp³-hybridized carbons (Fsp3) is 0.750. The summed E-state index contributed by atoms with van der Waals surface area (Å²) in [6, 6.07) is -1.48. The average Bonchev–Trinajstić information content (AvgIpc) is 3.21. The molecule has 0 aliphatic heterocycles. The molecule has 42 heavy (non-hydrogen) atoms. The van der Waals surface area contributed by atoms with Gasteiger partial charge in [-0.05, 0) is 86.5 Å². The molecule has 4 N–H and O–H groups in total. The van der Waals surface area contributed by atoms with Crippen molar-refractivity contribution in [2.45, 2.75) is 103 Å². The number of rotatable bonds is 10. The molecule has 0 heterocycles. The third kappa shape index (κ3) is 6.10. The lowest BCUT2D eigenvalue weighted by Gasteiger charge is -2.58. The molecule has 0 saturated heterocycles. The highest BCUT2D eigenvalue weighted by Gasteiger charge is 2.63. The smallest absolute Gasteiger partial charge is 0.305 e. The van der Waals surface area contributed by atoms with E-state index in [0.29, 0.717) is 24.2 Å². The summed E-state index contributed by atoms with van der Waals surface area (Å²) in [7, 11) is 0. The zero-order valence-corrected chi connectivity index (χ0v) is 26.2. The van der Waals surface area contributed by atoms with E-state index in [-0.39, 0.29) is 35.5 Å². The first kappa shape index (κ1) is 32.4. The molecule has 4 aliphatic carbocycles. The predicted octanol–water partition coefficient (Wildman–Crippen LogP) is 3.72. The molecule has 0 aromatic carbocycles. The molecule has 9 nitrogen and oxygen atoms in total. The Morgan fingerprint density at radius 2 is 1.86 bits per heavy atom. The number of aliphatic hydroxyl groups is 1. The van der Waals surface area contributed by atoms with Gasteiger partial charge in [-0.25, -0.2) is 0 Å².